The van der Waals surface area contributed by atoms with Crippen LogP contribution in [0.1, 0.15) is 6.92 Å². The zero-order valence-electron chi connectivity index (χ0n) is 5.74. The molecule has 0 radical (unpaired) electrons. The van der Waals surface area contributed by atoms with Crippen LogP contribution in [0.25, 0.3) is 0 Å². The Hall–Kier alpha value is -0.710. The van der Waals surface area contributed by atoms with Crippen LogP contribution >= 0.6 is 0 Å². The van der Waals surface area contributed by atoms with E-state index in [0.29, 0.717) is 0 Å². The lowest BCUT2D eigenvalue weighted by Crippen LogP contribution is -2.25. The minimum Gasteiger partial charge on any atom is -0.318 e. The van der Waals surface area contributed by atoms with E-state index in [0.717, 1.165) is 5.01 Å². The zero-order chi connectivity index (χ0) is 8.36. The molecule has 0 aromatic carbocycles. The van der Waals surface area contributed by atoms with Gasteiger partial charge in [-0.25, -0.2) is 5.84 Å². The molecule has 60 valence electrons. The Balaban J connectivity index is 4.17. The van der Waals surface area contributed by atoms with Crippen molar-refractivity contribution in [3.8, 4) is 0 Å². The lowest BCUT2D eigenvalue weighted by molar-refractivity contribution is -0.0814. The lowest BCUT2D eigenvalue weighted by Gasteiger charge is -2.12. The van der Waals surface area contributed by atoms with E-state index in [1.807, 2.05) is 0 Å². The van der Waals surface area contributed by atoms with Crippen LogP contribution in [-0.2, 0) is 0 Å². The molecular formula is C5H9F3N2. The largest absolute Gasteiger partial charge is 0.411 e. The first-order chi connectivity index (χ1) is 4.33. The number of allylic oxidation sites excluding steroid dienone is 2. The van der Waals surface area contributed by atoms with Crippen LogP contribution in [0.3, 0.4) is 0 Å². The number of nitrogens with two attached hydrogens (primary N) is 1. The molecule has 0 heterocycles. The van der Waals surface area contributed by atoms with Crippen LogP contribution in [0.5, 0.6) is 0 Å². The first-order valence-corrected chi connectivity index (χ1v) is 2.57. The molecule has 2 N–H and O–H groups in total. The molecule has 10 heavy (non-hydrogen) atoms. The zero-order valence-corrected chi connectivity index (χ0v) is 5.74. The number of alkyl halides is 3. The molecule has 0 unspecified atom stereocenters. The number of hydrazine groups is 1. The van der Waals surface area contributed by atoms with Crippen molar-refractivity contribution in [1.29, 1.82) is 0 Å². The van der Waals surface area contributed by atoms with Crippen LogP contribution < -0.4 is 5.84 Å². The molecular weight excluding hydrogens is 145 g/mol. The minimum atomic E-state index is -4.28. The summed E-state index contributed by atoms with van der Waals surface area (Å²) in [4.78, 5) is 0. The molecule has 0 saturated heterocycles. The highest BCUT2D eigenvalue weighted by Crippen LogP contribution is 2.18. The van der Waals surface area contributed by atoms with Gasteiger partial charge in [-0.05, 0) is 6.92 Å². The molecule has 0 aromatic heterocycles. The number of hydrogen-bond acceptors (Lipinski definition) is 2. The van der Waals surface area contributed by atoms with E-state index in [1.54, 1.807) is 0 Å². The van der Waals surface area contributed by atoms with Crippen molar-refractivity contribution >= 4 is 0 Å². The number of nitrogens with zero attached hydrogens (tertiary/aromatic N) is 1. The van der Waals surface area contributed by atoms with Crippen molar-refractivity contribution in [3.05, 3.63) is 11.8 Å². The smallest absolute Gasteiger partial charge is 0.318 e. The van der Waals surface area contributed by atoms with E-state index in [-0.39, 0.29) is 11.8 Å². The molecule has 0 bridgehead atoms. The van der Waals surface area contributed by atoms with Gasteiger partial charge in [0.15, 0.2) is 0 Å². The Morgan fingerprint density at radius 2 is 1.90 bits per heavy atom. The van der Waals surface area contributed by atoms with E-state index >= 15 is 0 Å². The van der Waals surface area contributed by atoms with E-state index < -0.39 is 6.18 Å². The highest BCUT2D eigenvalue weighted by Gasteiger charge is 2.23. The predicted octanol–water partition coefficient (Wildman–Crippen LogP) is 1.26. The van der Waals surface area contributed by atoms with Gasteiger partial charge in [-0.2, -0.15) is 13.2 Å². The quantitative estimate of drug-likeness (QED) is 0.455. The highest BCUT2D eigenvalue weighted by molar-refractivity contribution is 4.98. The number of halogens is 3. The Kier molecular flexibility index (Phi) is 2.71. The first kappa shape index (κ1) is 9.29. The fourth-order valence-corrected chi connectivity index (χ4v) is 0.339. The van der Waals surface area contributed by atoms with E-state index in [9.17, 15) is 13.2 Å². The maximum absolute atomic E-state index is 11.5. The van der Waals surface area contributed by atoms with Gasteiger partial charge in [0, 0.05) is 18.8 Å². The van der Waals surface area contributed by atoms with Crippen LogP contribution in [-0.4, -0.2) is 18.2 Å². The summed E-state index contributed by atoms with van der Waals surface area (Å²) in [6, 6.07) is 0. The number of rotatable bonds is 1. The molecule has 0 amide bonds. The summed E-state index contributed by atoms with van der Waals surface area (Å²) in [6.07, 6.45) is -4.13. The van der Waals surface area contributed by atoms with Crippen LogP contribution in [0, 0.1) is 0 Å². The molecule has 0 atom stereocenters. The summed E-state index contributed by atoms with van der Waals surface area (Å²) in [5.41, 5.74) is -0.0208. The number of hydrogen-bond donors (Lipinski definition) is 1. The second-order valence-corrected chi connectivity index (χ2v) is 1.94. The van der Waals surface area contributed by atoms with Gasteiger partial charge < -0.3 is 5.01 Å². The highest BCUT2D eigenvalue weighted by atomic mass is 19.4. The second kappa shape index (κ2) is 2.92. The van der Waals surface area contributed by atoms with E-state index in [4.69, 9.17) is 5.84 Å². The van der Waals surface area contributed by atoms with Crippen molar-refractivity contribution in [2.45, 2.75) is 13.1 Å². The third kappa shape index (κ3) is 4.20. The van der Waals surface area contributed by atoms with Crippen molar-refractivity contribution in [2.75, 3.05) is 7.05 Å². The van der Waals surface area contributed by atoms with Crippen molar-refractivity contribution in [3.63, 3.8) is 0 Å². The van der Waals surface area contributed by atoms with Crippen molar-refractivity contribution in [2.24, 2.45) is 5.84 Å². The molecule has 0 aromatic rings. The van der Waals surface area contributed by atoms with Crippen LogP contribution in [0.15, 0.2) is 11.8 Å². The fraction of sp³-hybridized carbons (Fsp3) is 0.600. The SMILES string of the molecule is CC(=CC(F)(F)F)N(C)N. The van der Waals surface area contributed by atoms with Gasteiger partial charge >= 0.3 is 6.18 Å². The summed E-state index contributed by atoms with van der Waals surface area (Å²) in [7, 11) is 1.34. The molecule has 0 aliphatic heterocycles. The summed E-state index contributed by atoms with van der Waals surface area (Å²) in [6.45, 7) is 1.29. The molecule has 0 aliphatic rings. The summed E-state index contributed by atoms with van der Waals surface area (Å²) >= 11 is 0. The third-order valence-corrected chi connectivity index (χ3v) is 0.929. The molecule has 0 fully saturated rings. The van der Waals surface area contributed by atoms with Crippen molar-refractivity contribution in [1.82, 2.24) is 5.01 Å². The van der Waals surface area contributed by atoms with E-state index in [2.05, 4.69) is 0 Å². The lowest BCUT2D eigenvalue weighted by atomic mass is 10.4. The predicted molar refractivity (Wildman–Crippen MR) is 31.8 cm³/mol. The Morgan fingerprint density at radius 1 is 1.50 bits per heavy atom. The monoisotopic (exact) mass is 154 g/mol. The van der Waals surface area contributed by atoms with E-state index in [1.165, 1.54) is 14.0 Å². The maximum Gasteiger partial charge on any atom is 0.411 e. The molecule has 0 saturated carbocycles. The standard InChI is InChI=1S/C5H9F3N2/c1-4(10(2)9)3-5(6,7)8/h3H,9H2,1-2H3. The van der Waals surface area contributed by atoms with Crippen LogP contribution in [0.2, 0.25) is 0 Å². The molecule has 5 heteroatoms. The topological polar surface area (TPSA) is 29.3 Å². The Bertz CT molecular complexity index is 136. The molecule has 2 nitrogen and oxygen atoms in total. The normalized spacial score (nSPS) is 13.6. The van der Waals surface area contributed by atoms with Crippen LogP contribution in [0.4, 0.5) is 13.2 Å². The maximum atomic E-state index is 11.5. The average Bonchev–Trinajstić information content (AvgIpc) is 1.60. The van der Waals surface area contributed by atoms with Gasteiger partial charge in [-0.1, -0.05) is 0 Å². The van der Waals surface area contributed by atoms with Gasteiger partial charge in [-0.15, -0.1) is 0 Å². The van der Waals surface area contributed by atoms with Gasteiger partial charge in [0.05, 0.1) is 0 Å². The second-order valence-electron chi connectivity index (χ2n) is 1.94. The summed E-state index contributed by atoms with van der Waals surface area (Å²) in [5, 5.41) is 0.910. The third-order valence-electron chi connectivity index (χ3n) is 0.929. The molecule has 0 rings (SSSR count). The van der Waals surface area contributed by atoms with Gasteiger partial charge in [-0.3, -0.25) is 0 Å². The van der Waals surface area contributed by atoms with Gasteiger partial charge in [0.2, 0.25) is 0 Å². The van der Waals surface area contributed by atoms with Gasteiger partial charge in [0.25, 0.3) is 0 Å². The van der Waals surface area contributed by atoms with Gasteiger partial charge in [0.1, 0.15) is 0 Å². The first-order valence-electron chi connectivity index (χ1n) is 2.57. The molecule has 0 spiro atoms. The molecule has 0 aliphatic carbocycles. The fourth-order valence-electron chi connectivity index (χ4n) is 0.339. The summed E-state index contributed by atoms with van der Waals surface area (Å²) < 4.78 is 34.5. The van der Waals surface area contributed by atoms with Crippen molar-refractivity contribution < 1.29 is 13.2 Å². The summed E-state index contributed by atoms with van der Waals surface area (Å²) in [5.74, 6) is 5.01. The average molecular weight is 154 g/mol. The Labute approximate surface area is 57.1 Å². The minimum absolute atomic E-state index is 0.0208. The Morgan fingerprint density at radius 3 is 2.00 bits per heavy atom.